The van der Waals surface area contributed by atoms with Gasteiger partial charge in [-0.15, -0.1) is 0 Å². The van der Waals surface area contributed by atoms with Crippen molar-refractivity contribution in [1.29, 1.82) is 0 Å². The van der Waals surface area contributed by atoms with Crippen molar-refractivity contribution in [1.82, 2.24) is 5.32 Å². The van der Waals surface area contributed by atoms with Crippen molar-refractivity contribution in [3.8, 4) is 0 Å². The quantitative estimate of drug-likeness (QED) is 0.775. The topological polar surface area (TPSA) is 78.4 Å². The average molecular weight is 291 g/mol. The number of carboxylic acids is 1. The molecule has 0 aliphatic carbocycles. The number of hydrogen-bond donors (Lipinski definition) is 3. The molecule has 0 spiro atoms. The summed E-state index contributed by atoms with van der Waals surface area (Å²) in [5.74, 6) is -1.38. The zero-order chi connectivity index (χ0) is 13.7. The number of halogens is 2. The van der Waals surface area contributed by atoms with E-state index in [9.17, 15) is 9.59 Å². The van der Waals surface area contributed by atoms with Gasteiger partial charge in [0.25, 0.3) is 0 Å². The predicted molar refractivity (Wildman–Crippen MR) is 70.2 cm³/mol. The van der Waals surface area contributed by atoms with E-state index in [1.807, 2.05) is 0 Å². The van der Waals surface area contributed by atoms with E-state index in [4.69, 9.17) is 28.3 Å². The summed E-state index contributed by atoms with van der Waals surface area (Å²) < 4.78 is 0. The molecule has 1 aromatic rings. The average Bonchev–Trinajstić information content (AvgIpc) is 2.30. The molecule has 0 bridgehead atoms. The third-order valence-corrected chi connectivity index (χ3v) is 2.88. The maximum Gasteiger partial charge on any atom is 0.320 e. The molecule has 0 aliphatic heterocycles. The fourth-order valence-electron chi connectivity index (χ4n) is 1.11. The highest BCUT2D eigenvalue weighted by Crippen LogP contribution is 2.24. The summed E-state index contributed by atoms with van der Waals surface area (Å²) in [5, 5.41) is 14.5. The molecule has 7 heteroatoms. The highest BCUT2D eigenvalue weighted by Gasteiger charge is 2.11. The minimum absolute atomic E-state index is 0.103. The molecule has 0 fully saturated rings. The number of aliphatic carboxylic acids is 1. The minimum Gasteiger partial charge on any atom is -0.480 e. The molecule has 18 heavy (non-hydrogen) atoms. The lowest BCUT2D eigenvalue weighted by Crippen LogP contribution is -2.39. The monoisotopic (exact) mass is 290 g/mol. The number of rotatable bonds is 5. The van der Waals surface area contributed by atoms with Gasteiger partial charge in [-0.05, 0) is 25.1 Å². The van der Waals surface area contributed by atoms with Crippen molar-refractivity contribution in [3.63, 3.8) is 0 Å². The number of hydrogen-bond acceptors (Lipinski definition) is 3. The standard InChI is InChI=1S/C11H12Cl2N2O3/c1-6(11(17)18)14-5-10(16)15-7-2-3-8(12)9(13)4-7/h2-4,6,14H,5H2,1H3,(H,15,16)(H,17,18)/t6-/m0/s1. The Bertz CT molecular complexity index is 466. The van der Waals surface area contributed by atoms with Crippen LogP contribution in [-0.4, -0.2) is 29.6 Å². The Morgan fingerprint density at radius 2 is 2.00 bits per heavy atom. The number of carboxylic acid groups (broad SMARTS) is 1. The fraction of sp³-hybridized carbons (Fsp3) is 0.273. The summed E-state index contributed by atoms with van der Waals surface area (Å²) in [6, 6.07) is 3.90. The Balaban J connectivity index is 2.49. The maximum absolute atomic E-state index is 11.5. The minimum atomic E-state index is -1.02. The molecule has 0 saturated carbocycles. The second-order valence-electron chi connectivity index (χ2n) is 3.62. The van der Waals surface area contributed by atoms with Gasteiger partial charge < -0.3 is 10.4 Å². The van der Waals surface area contributed by atoms with Crippen LogP contribution in [0.15, 0.2) is 18.2 Å². The predicted octanol–water partition coefficient (Wildman–Crippen LogP) is 1.99. The summed E-state index contributed by atoms with van der Waals surface area (Å²) in [6.07, 6.45) is 0. The van der Waals surface area contributed by atoms with Gasteiger partial charge in [0.1, 0.15) is 6.04 Å². The van der Waals surface area contributed by atoms with Gasteiger partial charge in [-0.1, -0.05) is 23.2 Å². The van der Waals surface area contributed by atoms with Crippen LogP contribution >= 0.6 is 23.2 Å². The molecule has 1 aromatic carbocycles. The second kappa shape index (κ2) is 6.58. The van der Waals surface area contributed by atoms with Crippen LogP contribution in [0.2, 0.25) is 10.0 Å². The largest absolute Gasteiger partial charge is 0.480 e. The number of nitrogens with one attached hydrogen (secondary N) is 2. The van der Waals surface area contributed by atoms with Crippen LogP contribution in [0.5, 0.6) is 0 Å². The van der Waals surface area contributed by atoms with Crippen LogP contribution < -0.4 is 10.6 Å². The lowest BCUT2D eigenvalue weighted by Gasteiger charge is -2.10. The highest BCUT2D eigenvalue weighted by molar-refractivity contribution is 6.42. The van der Waals surface area contributed by atoms with Gasteiger partial charge in [-0.25, -0.2) is 0 Å². The van der Waals surface area contributed by atoms with E-state index >= 15 is 0 Å². The molecule has 0 saturated heterocycles. The van der Waals surface area contributed by atoms with Crippen LogP contribution in [0, 0.1) is 0 Å². The lowest BCUT2D eigenvalue weighted by molar-refractivity contribution is -0.139. The molecular weight excluding hydrogens is 279 g/mol. The molecule has 3 N–H and O–H groups in total. The van der Waals surface area contributed by atoms with Crippen molar-refractivity contribution in [3.05, 3.63) is 28.2 Å². The van der Waals surface area contributed by atoms with E-state index in [2.05, 4.69) is 10.6 Å². The SMILES string of the molecule is C[C@H](NCC(=O)Nc1ccc(Cl)c(Cl)c1)C(=O)O. The summed E-state index contributed by atoms with van der Waals surface area (Å²) >= 11 is 11.5. The first-order chi connectivity index (χ1) is 8.40. The van der Waals surface area contributed by atoms with Crippen LogP contribution in [0.1, 0.15) is 6.92 Å². The van der Waals surface area contributed by atoms with Gasteiger partial charge in [-0.3, -0.25) is 14.9 Å². The van der Waals surface area contributed by atoms with Crippen LogP contribution in [0.25, 0.3) is 0 Å². The number of amides is 1. The third kappa shape index (κ3) is 4.52. The molecule has 0 radical (unpaired) electrons. The van der Waals surface area contributed by atoms with Crippen molar-refractivity contribution in [2.75, 3.05) is 11.9 Å². The fourth-order valence-corrected chi connectivity index (χ4v) is 1.41. The summed E-state index contributed by atoms with van der Waals surface area (Å²) in [4.78, 5) is 22.0. The number of carbonyl (C=O) groups excluding carboxylic acids is 1. The van der Waals surface area contributed by atoms with E-state index in [1.165, 1.54) is 13.0 Å². The normalized spacial score (nSPS) is 11.9. The molecule has 1 atom stereocenters. The van der Waals surface area contributed by atoms with E-state index in [-0.39, 0.29) is 12.5 Å². The lowest BCUT2D eigenvalue weighted by atomic mass is 10.3. The molecular formula is C11H12Cl2N2O3. The molecule has 0 aliphatic rings. The maximum atomic E-state index is 11.5. The van der Waals surface area contributed by atoms with E-state index in [0.29, 0.717) is 15.7 Å². The Morgan fingerprint density at radius 1 is 1.33 bits per heavy atom. The molecule has 5 nitrogen and oxygen atoms in total. The van der Waals surface area contributed by atoms with Crippen LogP contribution in [0.4, 0.5) is 5.69 Å². The summed E-state index contributed by atoms with van der Waals surface area (Å²) in [5.41, 5.74) is 0.499. The van der Waals surface area contributed by atoms with Gasteiger partial charge >= 0.3 is 5.97 Å². The van der Waals surface area contributed by atoms with Crippen molar-refractivity contribution in [2.24, 2.45) is 0 Å². The third-order valence-electron chi connectivity index (χ3n) is 2.14. The molecule has 0 heterocycles. The second-order valence-corrected chi connectivity index (χ2v) is 4.43. The van der Waals surface area contributed by atoms with Gasteiger partial charge in [0.05, 0.1) is 16.6 Å². The molecule has 1 rings (SSSR count). The van der Waals surface area contributed by atoms with Crippen LogP contribution in [-0.2, 0) is 9.59 Å². The zero-order valence-electron chi connectivity index (χ0n) is 9.54. The first-order valence-electron chi connectivity index (χ1n) is 5.11. The summed E-state index contributed by atoms with van der Waals surface area (Å²) in [6.45, 7) is 1.35. The Hall–Kier alpha value is -1.30. The Morgan fingerprint density at radius 3 is 2.56 bits per heavy atom. The molecule has 98 valence electrons. The van der Waals surface area contributed by atoms with Crippen molar-refractivity contribution in [2.45, 2.75) is 13.0 Å². The Kier molecular flexibility index (Phi) is 5.40. The van der Waals surface area contributed by atoms with Gasteiger partial charge in [0.2, 0.25) is 5.91 Å². The van der Waals surface area contributed by atoms with E-state index < -0.39 is 12.0 Å². The Labute approximate surface area is 114 Å². The first kappa shape index (κ1) is 14.8. The van der Waals surface area contributed by atoms with Gasteiger partial charge in [0, 0.05) is 5.69 Å². The number of carbonyl (C=O) groups is 2. The summed E-state index contributed by atoms with van der Waals surface area (Å²) in [7, 11) is 0. The molecule has 0 aromatic heterocycles. The van der Waals surface area contributed by atoms with Gasteiger partial charge in [0.15, 0.2) is 0 Å². The first-order valence-corrected chi connectivity index (χ1v) is 5.87. The van der Waals surface area contributed by atoms with Crippen LogP contribution in [0.3, 0.4) is 0 Å². The smallest absolute Gasteiger partial charge is 0.320 e. The molecule has 0 unspecified atom stereocenters. The highest BCUT2D eigenvalue weighted by atomic mass is 35.5. The number of anilines is 1. The van der Waals surface area contributed by atoms with E-state index in [1.54, 1.807) is 12.1 Å². The van der Waals surface area contributed by atoms with Crippen molar-refractivity contribution < 1.29 is 14.7 Å². The molecule has 1 amide bonds. The van der Waals surface area contributed by atoms with Crippen molar-refractivity contribution >= 4 is 40.8 Å². The van der Waals surface area contributed by atoms with Gasteiger partial charge in [-0.2, -0.15) is 0 Å². The zero-order valence-corrected chi connectivity index (χ0v) is 11.0. The number of benzene rings is 1. The van der Waals surface area contributed by atoms with E-state index in [0.717, 1.165) is 0 Å².